The average Bonchev–Trinajstić information content (AvgIpc) is 3.14. The van der Waals surface area contributed by atoms with E-state index in [0.717, 1.165) is 35.2 Å². The van der Waals surface area contributed by atoms with Crippen LogP contribution in [0, 0.1) is 0 Å². The Labute approximate surface area is 167 Å². The van der Waals surface area contributed by atoms with Crippen molar-refractivity contribution < 1.29 is 4.79 Å². The van der Waals surface area contributed by atoms with Crippen molar-refractivity contribution in [1.29, 1.82) is 0 Å². The first-order chi connectivity index (χ1) is 14.2. The third-order valence-corrected chi connectivity index (χ3v) is 5.47. The van der Waals surface area contributed by atoms with Crippen molar-refractivity contribution in [3.05, 3.63) is 77.2 Å². The molecule has 0 spiro atoms. The minimum absolute atomic E-state index is 0.175. The molecule has 0 aliphatic heterocycles. The maximum absolute atomic E-state index is 12.5. The number of fused-ring (bicyclic) bond motifs is 1. The van der Waals surface area contributed by atoms with E-state index in [1.165, 1.54) is 4.68 Å². The highest BCUT2D eigenvalue weighted by Crippen LogP contribution is 2.34. The van der Waals surface area contributed by atoms with Crippen LogP contribution in [0.3, 0.4) is 0 Å². The SMILES string of the molecule is O=C1CCCC(n2nc(-c3c(-c4ccccc4)nn4ccccc34)ccc2=O)C1. The van der Waals surface area contributed by atoms with Gasteiger partial charge in [0.2, 0.25) is 0 Å². The van der Waals surface area contributed by atoms with E-state index < -0.39 is 0 Å². The monoisotopic (exact) mass is 384 g/mol. The Kier molecular flexibility index (Phi) is 4.31. The molecule has 1 fully saturated rings. The standard InChI is InChI=1S/C23H20N4O2/c28-18-10-6-9-17(15-18)27-21(29)13-12-19(24-27)22-20-11-4-5-14-26(20)25-23(22)16-7-2-1-3-8-16/h1-5,7-8,11-14,17H,6,9-10,15H2. The molecule has 144 valence electrons. The minimum atomic E-state index is -0.175. The number of rotatable bonds is 3. The van der Waals surface area contributed by atoms with E-state index in [1.54, 1.807) is 12.1 Å². The predicted octanol–water partition coefficient (Wildman–Crippen LogP) is 3.91. The fourth-order valence-corrected chi connectivity index (χ4v) is 4.08. The lowest BCUT2D eigenvalue weighted by Gasteiger charge is -2.22. The van der Waals surface area contributed by atoms with Crippen molar-refractivity contribution in [3.63, 3.8) is 0 Å². The molecular formula is C23H20N4O2. The molecule has 6 nitrogen and oxygen atoms in total. The van der Waals surface area contributed by atoms with Gasteiger partial charge < -0.3 is 0 Å². The normalized spacial score (nSPS) is 17.0. The van der Waals surface area contributed by atoms with E-state index in [-0.39, 0.29) is 17.4 Å². The molecule has 4 aromatic rings. The molecule has 6 heteroatoms. The largest absolute Gasteiger partial charge is 0.300 e. The van der Waals surface area contributed by atoms with E-state index in [4.69, 9.17) is 10.2 Å². The van der Waals surface area contributed by atoms with Gasteiger partial charge in [-0.25, -0.2) is 9.20 Å². The molecule has 3 aromatic heterocycles. The summed E-state index contributed by atoms with van der Waals surface area (Å²) >= 11 is 0. The Morgan fingerprint density at radius 1 is 0.897 bits per heavy atom. The lowest BCUT2D eigenvalue weighted by Crippen LogP contribution is -2.30. The number of nitrogens with zero attached hydrogens (tertiary/aromatic N) is 4. The molecule has 3 heterocycles. The molecule has 0 saturated heterocycles. The highest BCUT2D eigenvalue weighted by Gasteiger charge is 2.24. The van der Waals surface area contributed by atoms with E-state index in [0.29, 0.717) is 18.5 Å². The van der Waals surface area contributed by atoms with Crippen molar-refractivity contribution >= 4 is 11.3 Å². The molecule has 0 radical (unpaired) electrons. The average molecular weight is 384 g/mol. The van der Waals surface area contributed by atoms with Crippen LogP contribution in [0.25, 0.3) is 28.0 Å². The number of benzene rings is 1. The van der Waals surface area contributed by atoms with Crippen LogP contribution in [0.5, 0.6) is 0 Å². The highest BCUT2D eigenvalue weighted by molar-refractivity contribution is 5.90. The van der Waals surface area contributed by atoms with Gasteiger partial charge in [-0.2, -0.15) is 10.2 Å². The van der Waals surface area contributed by atoms with Crippen LogP contribution in [0.1, 0.15) is 31.7 Å². The van der Waals surface area contributed by atoms with Gasteiger partial charge in [0, 0.05) is 30.7 Å². The van der Waals surface area contributed by atoms with E-state index in [9.17, 15) is 9.59 Å². The van der Waals surface area contributed by atoms with Gasteiger partial charge in [-0.05, 0) is 31.0 Å². The third-order valence-electron chi connectivity index (χ3n) is 5.47. The Hall–Kier alpha value is -3.54. The molecule has 1 aliphatic rings. The summed E-state index contributed by atoms with van der Waals surface area (Å²) in [4.78, 5) is 24.5. The summed E-state index contributed by atoms with van der Waals surface area (Å²) in [7, 11) is 0. The molecule has 1 saturated carbocycles. The van der Waals surface area contributed by atoms with Crippen LogP contribution in [-0.4, -0.2) is 25.2 Å². The number of carbonyl (C=O) groups excluding carboxylic acids is 1. The first kappa shape index (κ1) is 17.6. The van der Waals surface area contributed by atoms with Gasteiger partial charge >= 0.3 is 0 Å². The Morgan fingerprint density at radius 3 is 2.55 bits per heavy atom. The Morgan fingerprint density at radius 2 is 1.72 bits per heavy atom. The second kappa shape index (κ2) is 7.13. The third kappa shape index (κ3) is 3.16. The Bertz CT molecular complexity index is 1260. The zero-order chi connectivity index (χ0) is 19.8. The smallest absolute Gasteiger partial charge is 0.267 e. The Balaban J connectivity index is 1.71. The van der Waals surface area contributed by atoms with Gasteiger partial charge in [0.15, 0.2) is 0 Å². The molecule has 0 amide bonds. The molecule has 1 atom stereocenters. The number of hydrogen-bond donors (Lipinski definition) is 0. The maximum Gasteiger partial charge on any atom is 0.267 e. The number of Topliss-reactive ketones (excluding diaryl/α,β-unsaturated/α-hetero) is 1. The van der Waals surface area contributed by atoms with Crippen LogP contribution < -0.4 is 5.56 Å². The topological polar surface area (TPSA) is 69.3 Å². The van der Waals surface area contributed by atoms with Crippen LogP contribution in [0.2, 0.25) is 0 Å². The van der Waals surface area contributed by atoms with Gasteiger partial charge in [0.05, 0.1) is 22.8 Å². The zero-order valence-corrected chi connectivity index (χ0v) is 15.9. The number of pyridine rings is 1. The number of carbonyl (C=O) groups is 1. The molecule has 1 aromatic carbocycles. The van der Waals surface area contributed by atoms with Gasteiger partial charge in [-0.3, -0.25) is 9.59 Å². The molecule has 0 bridgehead atoms. The van der Waals surface area contributed by atoms with Crippen LogP contribution in [0.15, 0.2) is 71.7 Å². The first-order valence-electron chi connectivity index (χ1n) is 9.85. The molecule has 1 aliphatic carbocycles. The lowest BCUT2D eigenvalue weighted by molar-refractivity contribution is -0.121. The maximum atomic E-state index is 12.5. The van der Waals surface area contributed by atoms with Gasteiger partial charge in [-0.1, -0.05) is 36.4 Å². The van der Waals surface area contributed by atoms with Crippen LogP contribution >= 0.6 is 0 Å². The lowest BCUT2D eigenvalue weighted by atomic mass is 9.94. The quantitative estimate of drug-likeness (QED) is 0.537. The summed E-state index contributed by atoms with van der Waals surface area (Å²) in [5.74, 6) is 0.196. The second-order valence-electron chi connectivity index (χ2n) is 7.41. The van der Waals surface area contributed by atoms with Crippen molar-refractivity contribution in [3.8, 4) is 22.5 Å². The zero-order valence-electron chi connectivity index (χ0n) is 15.9. The van der Waals surface area contributed by atoms with Crippen molar-refractivity contribution in [2.75, 3.05) is 0 Å². The van der Waals surface area contributed by atoms with Gasteiger partial charge in [0.1, 0.15) is 11.5 Å². The number of aromatic nitrogens is 4. The van der Waals surface area contributed by atoms with Crippen LogP contribution in [0.4, 0.5) is 0 Å². The molecule has 29 heavy (non-hydrogen) atoms. The van der Waals surface area contributed by atoms with Crippen LogP contribution in [-0.2, 0) is 4.79 Å². The summed E-state index contributed by atoms with van der Waals surface area (Å²) in [5, 5.41) is 9.48. The van der Waals surface area contributed by atoms with E-state index in [2.05, 4.69) is 0 Å². The summed E-state index contributed by atoms with van der Waals surface area (Å²) in [6.07, 6.45) is 4.46. The van der Waals surface area contributed by atoms with Gasteiger partial charge in [-0.15, -0.1) is 0 Å². The van der Waals surface area contributed by atoms with Crippen molar-refractivity contribution in [1.82, 2.24) is 19.4 Å². The molecule has 5 rings (SSSR count). The molecule has 1 unspecified atom stereocenters. The molecule has 0 N–H and O–H groups in total. The summed E-state index contributed by atoms with van der Waals surface area (Å²) in [6, 6.07) is 19.0. The van der Waals surface area contributed by atoms with E-state index in [1.807, 2.05) is 59.2 Å². The van der Waals surface area contributed by atoms with Gasteiger partial charge in [0.25, 0.3) is 5.56 Å². The number of hydrogen-bond acceptors (Lipinski definition) is 4. The van der Waals surface area contributed by atoms with E-state index >= 15 is 0 Å². The van der Waals surface area contributed by atoms with Crippen molar-refractivity contribution in [2.45, 2.75) is 31.7 Å². The summed E-state index contributed by atoms with van der Waals surface area (Å²) < 4.78 is 3.33. The fraction of sp³-hybridized carbons (Fsp3) is 0.217. The molecular weight excluding hydrogens is 364 g/mol. The fourth-order valence-electron chi connectivity index (χ4n) is 4.08. The van der Waals surface area contributed by atoms with Crippen molar-refractivity contribution in [2.24, 2.45) is 0 Å². The summed E-state index contributed by atoms with van der Waals surface area (Å²) in [6.45, 7) is 0. The number of ketones is 1. The minimum Gasteiger partial charge on any atom is -0.300 e. The second-order valence-corrected chi connectivity index (χ2v) is 7.41. The highest BCUT2D eigenvalue weighted by atomic mass is 16.1. The predicted molar refractivity (Wildman–Crippen MR) is 111 cm³/mol. The summed E-state index contributed by atoms with van der Waals surface area (Å²) in [5.41, 5.74) is 4.11. The first-order valence-corrected chi connectivity index (χ1v) is 9.85.